The summed E-state index contributed by atoms with van der Waals surface area (Å²) < 4.78 is 38.0. The highest BCUT2D eigenvalue weighted by Crippen LogP contribution is 2.20. The third kappa shape index (κ3) is 3.29. The number of sulfone groups is 1. The fourth-order valence-corrected chi connectivity index (χ4v) is 3.37. The van der Waals surface area contributed by atoms with Gasteiger partial charge in [0, 0.05) is 0 Å². The highest BCUT2D eigenvalue weighted by Gasteiger charge is 2.17. The third-order valence-corrected chi connectivity index (χ3v) is 5.03. The van der Waals surface area contributed by atoms with E-state index < -0.39 is 15.7 Å². The maximum Gasteiger partial charge on any atom is 0.182 e. The Labute approximate surface area is 123 Å². The van der Waals surface area contributed by atoms with E-state index >= 15 is 0 Å². The van der Waals surface area contributed by atoms with Crippen LogP contribution < -0.4 is 0 Å². The standard InChI is InChI=1S/C16H14FNO2S/c1-11-3-5-15(7-12(11)2)21(19,20)10-13-4-6-16(17)14(8-13)9-18/h3-8H,10H2,1-2H3. The molecule has 0 aliphatic heterocycles. The second kappa shape index (κ2) is 5.66. The van der Waals surface area contributed by atoms with Gasteiger partial charge in [0.1, 0.15) is 11.9 Å². The van der Waals surface area contributed by atoms with E-state index in [1.807, 2.05) is 13.8 Å². The minimum atomic E-state index is -3.52. The summed E-state index contributed by atoms with van der Waals surface area (Å²) in [6.07, 6.45) is 0. The predicted molar refractivity (Wildman–Crippen MR) is 77.9 cm³/mol. The van der Waals surface area contributed by atoms with Gasteiger partial charge in [-0.3, -0.25) is 0 Å². The molecule has 108 valence electrons. The molecule has 0 aliphatic carbocycles. The van der Waals surface area contributed by atoms with Crippen LogP contribution in [-0.2, 0) is 15.6 Å². The van der Waals surface area contributed by atoms with Crippen LogP contribution in [0.2, 0.25) is 0 Å². The topological polar surface area (TPSA) is 57.9 Å². The zero-order valence-electron chi connectivity index (χ0n) is 11.7. The number of hydrogen-bond donors (Lipinski definition) is 0. The van der Waals surface area contributed by atoms with Crippen LogP contribution in [0, 0.1) is 31.0 Å². The van der Waals surface area contributed by atoms with Crippen molar-refractivity contribution in [2.24, 2.45) is 0 Å². The van der Waals surface area contributed by atoms with E-state index in [2.05, 4.69) is 0 Å². The first kappa shape index (κ1) is 15.2. The number of rotatable bonds is 3. The highest BCUT2D eigenvalue weighted by atomic mass is 32.2. The lowest BCUT2D eigenvalue weighted by Crippen LogP contribution is -2.06. The van der Waals surface area contributed by atoms with E-state index in [1.54, 1.807) is 24.3 Å². The van der Waals surface area contributed by atoms with E-state index in [-0.39, 0.29) is 16.2 Å². The second-order valence-corrected chi connectivity index (χ2v) is 6.92. The van der Waals surface area contributed by atoms with E-state index in [0.717, 1.165) is 17.2 Å². The first-order chi connectivity index (χ1) is 9.83. The van der Waals surface area contributed by atoms with Crippen molar-refractivity contribution >= 4 is 9.84 Å². The maximum absolute atomic E-state index is 13.3. The van der Waals surface area contributed by atoms with E-state index in [1.165, 1.54) is 12.1 Å². The molecule has 21 heavy (non-hydrogen) atoms. The molecule has 5 heteroatoms. The molecule has 0 fully saturated rings. The van der Waals surface area contributed by atoms with Crippen LogP contribution >= 0.6 is 0 Å². The van der Waals surface area contributed by atoms with Crippen LogP contribution in [0.1, 0.15) is 22.3 Å². The van der Waals surface area contributed by atoms with Gasteiger partial charge in [0.2, 0.25) is 0 Å². The minimum Gasteiger partial charge on any atom is -0.223 e. The Morgan fingerprint density at radius 1 is 1.10 bits per heavy atom. The van der Waals surface area contributed by atoms with Gasteiger partial charge in [-0.2, -0.15) is 5.26 Å². The van der Waals surface area contributed by atoms with Crippen molar-refractivity contribution in [2.75, 3.05) is 0 Å². The summed E-state index contributed by atoms with van der Waals surface area (Å²) in [7, 11) is -3.52. The average molecular weight is 303 g/mol. The molecule has 3 nitrogen and oxygen atoms in total. The monoisotopic (exact) mass is 303 g/mol. The Hall–Kier alpha value is -2.19. The van der Waals surface area contributed by atoms with Crippen molar-refractivity contribution in [2.45, 2.75) is 24.5 Å². The summed E-state index contributed by atoms with van der Waals surface area (Å²) in [4.78, 5) is 0.230. The summed E-state index contributed by atoms with van der Waals surface area (Å²) in [5.74, 6) is -0.908. The molecule has 0 amide bonds. The maximum atomic E-state index is 13.3. The van der Waals surface area contributed by atoms with Crippen LogP contribution in [0.15, 0.2) is 41.3 Å². The molecule has 0 saturated heterocycles. The van der Waals surface area contributed by atoms with Gasteiger partial charge in [-0.1, -0.05) is 12.1 Å². The van der Waals surface area contributed by atoms with Gasteiger partial charge in [0.25, 0.3) is 0 Å². The van der Waals surface area contributed by atoms with Gasteiger partial charge < -0.3 is 0 Å². The van der Waals surface area contributed by atoms with Gasteiger partial charge in [0.05, 0.1) is 16.2 Å². The molecule has 2 rings (SSSR count). The van der Waals surface area contributed by atoms with Crippen LogP contribution in [0.25, 0.3) is 0 Å². The summed E-state index contributed by atoms with van der Waals surface area (Å²) in [5, 5.41) is 8.79. The lowest BCUT2D eigenvalue weighted by molar-refractivity contribution is 0.594. The molecule has 0 bridgehead atoms. The SMILES string of the molecule is Cc1ccc(S(=O)(=O)Cc2ccc(F)c(C#N)c2)cc1C. The van der Waals surface area contributed by atoms with E-state index in [9.17, 15) is 12.8 Å². The fourth-order valence-electron chi connectivity index (χ4n) is 1.96. The average Bonchev–Trinajstić information content (AvgIpc) is 2.43. The summed E-state index contributed by atoms with van der Waals surface area (Å²) >= 11 is 0. The van der Waals surface area contributed by atoms with Crippen molar-refractivity contribution in [1.82, 2.24) is 0 Å². The smallest absolute Gasteiger partial charge is 0.182 e. The molecule has 0 aromatic heterocycles. The van der Waals surface area contributed by atoms with Crippen molar-refractivity contribution in [3.05, 3.63) is 64.5 Å². The molecule has 0 aliphatic rings. The van der Waals surface area contributed by atoms with Gasteiger partial charge in [-0.15, -0.1) is 0 Å². The molecule has 0 spiro atoms. The van der Waals surface area contributed by atoms with Crippen molar-refractivity contribution in [3.63, 3.8) is 0 Å². The molecule has 0 radical (unpaired) electrons. The van der Waals surface area contributed by atoms with Crippen LogP contribution in [-0.4, -0.2) is 8.42 Å². The Bertz CT molecular complexity index is 836. The van der Waals surface area contributed by atoms with Crippen LogP contribution in [0.3, 0.4) is 0 Å². The molecular weight excluding hydrogens is 289 g/mol. The molecule has 2 aromatic carbocycles. The Morgan fingerprint density at radius 2 is 1.81 bits per heavy atom. The number of aryl methyl sites for hydroxylation is 2. The lowest BCUT2D eigenvalue weighted by atomic mass is 10.1. The van der Waals surface area contributed by atoms with Crippen LogP contribution in [0.4, 0.5) is 4.39 Å². The number of benzene rings is 2. The zero-order valence-corrected chi connectivity index (χ0v) is 12.5. The number of hydrogen-bond acceptors (Lipinski definition) is 3. The Morgan fingerprint density at radius 3 is 2.43 bits per heavy atom. The normalized spacial score (nSPS) is 11.1. The third-order valence-electron chi connectivity index (χ3n) is 3.35. The van der Waals surface area contributed by atoms with E-state index in [4.69, 9.17) is 5.26 Å². The largest absolute Gasteiger partial charge is 0.223 e. The number of halogens is 1. The van der Waals surface area contributed by atoms with Crippen LogP contribution in [0.5, 0.6) is 0 Å². The van der Waals surface area contributed by atoms with Gasteiger partial charge in [0.15, 0.2) is 9.84 Å². The van der Waals surface area contributed by atoms with Crippen molar-refractivity contribution in [3.8, 4) is 6.07 Å². The molecule has 2 aromatic rings. The molecule has 0 unspecified atom stereocenters. The first-order valence-corrected chi connectivity index (χ1v) is 7.97. The van der Waals surface area contributed by atoms with Gasteiger partial charge in [-0.05, 0) is 54.8 Å². The van der Waals surface area contributed by atoms with Gasteiger partial charge >= 0.3 is 0 Å². The zero-order chi connectivity index (χ0) is 15.6. The number of nitriles is 1. The van der Waals surface area contributed by atoms with E-state index in [0.29, 0.717) is 5.56 Å². The lowest BCUT2D eigenvalue weighted by Gasteiger charge is -2.08. The van der Waals surface area contributed by atoms with Crippen molar-refractivity contribution < 1.29 is 12.8 Å². The van der Waals surface area contributed by atoms with Gasteiger partial charge in [-0.25, -0.2) is 12.8 Å². The first-order valence-electron chi connectivity index (χ1n) is 6.32. The number of nitrogens with zero attached hydrogens (tertiary/aromatic N) is 1. The van der Waals surface area contributed by atoms with Crippen molar-refractivity contribution in [1.29, 1.82) is 5.26 Å². The fraction of sp³-hybridized carbons (Fsp3) is 0.188. The quantitative estimate of drug-likeness (QED) is 0.874. The molecule has 0 N–H and O–H groups in total. The summed E-state index contributed by atoms with van der Waals surface area (Å²) in [5.41, 5.74) is 2.16. The molecule has 0 atom stereocenters. The molecule has 0 heterocycles. The molecule has 0 saturated carbocycles. The summed E-state index contributed by atoms with van der Waals surface area (Å²) in [6, 6.07) is 10.4. The Balaban J connectivity index is 2.37. The second-order valence-electron chi connectivity index (χ2n) is 4.93. The predicted octanol–water partition coefficient (Wildman–Crippen LogP) is 3.29. The summed E-state index contributed by atoms with van der Waals surface area (Å²) in [6.45, 7) is 3.75. The highest BCUT2D eigenvalue weighted by molar-refractivity contribution is 7.90. The molecular formula is C16H14FNO2S. The Kier molecular flexibility index (Phi) is 4.10. The minimum absolute atomic E-state index is 0.150.